The van der Waals surface area contributed by atoms with E-state index in [0.29, 0.717) is 18.9 Å². The first-order valence-electron chi connectivity index (χ1n) is 6.87. The quantitative estimate of drug-likeness (QED) is 0.799. The normalized spacial score (nSPS) is 10.7. The molecule has 0 atom stereocenters. The number of hydrogen-bond donors (Lipinski definition) is 1. The molecule has 106 valence electrons. The van der Waals surface area contributed by atoms with E-state index in [2.05, 4.69) is 10.3 Å². The van der Waals surface area contributed by atoms with Crippen LogP contribution in [0, 0.1) is 6.92 Å². The Kier molecular flexibility index (Phi) is 3.69. The van der Waals surface area contributed by atoms with Gasteiger partial charge >= 0.3 is 0 Å². The van der Waals surface area contributed by atoms with E-state index in [4.69, 9.17) is 4.42 Å². The van der Waals surface area contributed by atoms with Gasteiger partial charge in [0, 0.05) is 13.5 Å². The van der Waals surface area contributed by atoms with E-state index in [1.807, 2.05) is 55.5 Å². The van der Waals surface area contributed by atoms with E-state index in [0.717, 1.165) is 22.2 Å². The third-order valence-corrected chi connectivity index (χ3v) is 3.26. The molecule has 1 aromatic heterocycles. The minimum Gasteiger partial charge on any atom is -0.441 e. The molecule has 0 saturated carbocycles. The summed E-state index contributed by atoms with van der Waals surface area (Å²) in [7, 11) is 0. The lowest BCUT2D eigenvalue weighted by atomic mass is 10.1. The highest BCUT2D eigenvalue weighted by atomic mass is 16.3. The number of oxazole rings is 1. The zero-order valence-electron chi connectivity index (χ0n) is 11.8. The SMILES string of the molecule is Cc1nc2ccc(CC(=O)NCc3ccccc3)cc2o1. The maximum absolute atomic E-state index is 12.0. The second kappa shape index (κ2) is 5.79. The van der Waals surface area contributed by atoms with Crippen molar-refractivity contribution >= 4 is 17.0 Å². The molecule has 0 aliphatic heterocycles. The van der Waals surface area contributed by atoms with Crippen LogP contribution in [-0.4, -0.2) is 10.9 Å². The summed E-state index contributed by atoms with van der Waals surface area (Å²) in [5.41, 5.74) is 3.55. The Balaban J connectivity index is 1.63. The number of nitrogens with one attached hydrogen (secondary N) is 1. The van der Waals surface area contributed by atoms with Gasteiger partial charge in [0.05, 0.1) is 6.42 Å². The molecule has 1 amide bonds. The molecule has 2 aromatic carbocycles. The van der Waals surface area contributed by atoms with Crippen LogP contribution in [0.1, 0.15) is 17.0 Å². The summed E-state index contributed by atoms with van der Waals surface area (Å²) >= 11 is 0. The van der Waals surface area contributed by atoms with Crippen molar-refractivity contribution in [2.24, 2.45) is 0 Å². The van der Waals surface area contributed by atoms with Gasteiger partial charge in [-0.1, -0.05) is 36.4 Å². The van der Waals surface area contributed by atoms with Gasteiger partial charge in [0.1, 0.15) is 5.52 Å². The molecule has 4 nitrogen and oxygen atoms in total. The van der Waals surface area contributed by atoms with Gasteiger partial charge in [-0.15, -0.1) is 0 Å². The van der Waals surface area contributed by atoms with Crippen LogP contribution in [0.4, 0.5) is 0 Å². The van der Waals surface area contributed by atoms with Gasteiger partial charge < -0.3 is 9.73 Å². The van der Waals surface area contributed by atoms with Crippen molar-refractivity contribution < 1.29 is 9.21 Å². The number of aryl methyl sites for hydroxylation is 1. The summed E-state index contributed by atoms with van der Waals surface area (Å²) < 4.78 is 5.48. The van der Waals surface area contributed by atoms with Crippen molar-refractivity contribution in [3.05, 3.63) is 65.5 Å². The number of carbonyl (C=O) groups is 1. The maximum Gasteiger partial charge on any atom is 0.224 e. The van der Waals surface area contributed by atoms with Crippen LogP contribution in [0.5, 0.6) is 0 Å². The predicted octanol–water partition coefficient (Wildman–Crippen LogP) is 3.00. The molecule has 0 aliphatic carbocycles. The Morgan fingerprint density at radius 3 is 2.76 bits per heavy atom. The molecule has 0 unspecified atom stereocenters. The fourth-order valence-electron chi connectivity index (χ4n) is 2.24. The molecule has 21 heavy (non-hydrogen) atoms. The second-order valence-electron chi connectivity index (χ2n) is 4.97. The average molecular weight is 280 g/mol. The standard InChI is InChI=1S/C17H16N2O2/c1-12-19-15-8-7-14(9-16(15)21-12)10-17(20)18-11-13-5-3-2-4-6-13/h2-9H,10-11H2,1H3,(H,18,20). The molecule has 0 radical (unpaired) electrons. The third kappa shape index (κ3) is 3.28. The van der Waals surface area contributed by atoms with Gasteiger partial charge in [0.25, 0.3) is 0 Å². The second-order valence-corrected chi connectivity index (χ2v) is 4.97. The zero-order valence-corrected chi connectivity index (χ0v) is 11.8. The number of fused-ring (bicyclic) bond motifs is 1. The number of amides is 1. The summed E-state index contributed by atoms with van der Waals surface area (Å²) in [5, 5.41) is 2.92. The van der Waals surface area contributed by atoms with E-state index in [-0.39, 0.29) is 5.91 Å². The first-order valence-corrected chi connectivity index (χ1v) is 6.87. The highest BCUT2D eigenvalue weighted by Crippen LogP contribution is 2.17. The number of aromatic nitrogens is 1. The topological polar surface area (TPSA) is 55.1 Å². The van der Waals surface area contributed by atoms with Gasteiger partial charge in [-0.25, -0.2) is 4.98 Å². The van der Waals surface area contributed by atoms with Gasteiger partial charge in [-0.05, 0) is 23.3 Å². The van der Waals surface area contributed by atoms with E-state index in [9.17, 15) is 4.79 Å². The van der Waals surface area contributed by atoms with Crippen LogP contribution in [-0.2, 0) is 17.8 Å². The van der Waals surface area contributed by atoms with Gasteiger partial charge in [0.2, 0.25) is 5.91 Å². The number of rotatable bonds is 4. The lowest BCUT2D eigenvalue weighted by Gasteiger charge is -2.05. The summed E-state index contributed by atoms with van der Waals surface area (Å²) in [6.45, 7) is 2.36. The van der Waals surface area contributed by atoms with E-state index in [1.54, 1.807) is 0 Å². The Bertz CT molecular complexity index is 763. The molecular weight excluding hydrogens is 264 g/mol. The monoisotopic (exact) mass is 280 g/mol. The predicted molar refractivity (Wildman–Crippen MR) is 80.7 cm³/mol. The van der Waals surface area contributed by atoms with Crippen molar-refractivity contribution in [3.8, 4) is 0 Å². The minimum atomic E-state index is -0.00515. The molecule has 4 heteroatoms. The molecule has 0 spiro atoms. The highest BCUT2D eigenvalue weighted by molar-refractivity contribution is 5.81. The molecule has 3 aromatic rings. The first-order chi connectivity index (χ1) is 10.2. The molecule has 0 bridgehead atoms. The fraction of sp³-hybridized carbons (Fsp3) is 0.176. The van der Waals surface area contributed by atoms with Crippen LogP contribution in [0.2, 0.25) is 0 Å². The van der Waals surface area contributed by atoms with Gasteiger partial charge in [-0.2, -0.15) is 0 Å². The van der Waals surface area contributed by atoms with Crippen molar-refractivity contribution in [1.29, 1.82) is 0 Å². The molecule has 1 N–H and O–H groups in total. The Morgan fingerprint density at radius 2 is 1.95 bits per heavy atom. The van der Waals surface area contributed by atoms with Gasteiger partial charge in [0.15, 0.2) is 11.5 Å². The largest absolute Gasteiger partial charge is 0.441 e. The van der Waals surface area contributed by atoms with Crippen LogP contribution in [0.15, 0.2) is 52.9 Å². The minimum absolute atomic E-state index is 0.00515. The van der Waals surface area contributed by atoms with Crippen molar-refractivity contribution in [3.63, 3.8) is 0 Å². The average Bonchev–Trinajstić information content (AvgIpc) is 2.85. The summed E-state index contributed by atoms with van der Waals surface area (Å²) in [6, 6.07) is 15.5. The van der Waals surface area contributed by atoms with Gasteiger partial charge in [-0.3, -0.25) is 4.79 Å². The van der Waals surface area contributed by atoms with Crippen molar-refractivity contribution in [2.45, 2.75) is 19.9 Å². The van der Waals surface area contributed by atoms with Crippen molar-refractivity contribution in [2.75, 3.05) is 0 Å². The number of benzene rings is 2. The summed E-state index contributed by atoms with van der Waals surface area (Å²) in [4.78, 5) is 16.2. The fourth-order valence-corrected chi connectivity index (χ4v) is 2.24. The van der Waals surface area contributed by atoms with E-state index >= 15 is 0 Å². The van der Waals surface area contributed by atoms with E-state index in [1.165, 1.54) is 0 Å². The smallest absolute Gasteiger partial charge is 0.224 e. The van der Waals surface area contributed by atoms with Crippen LogP contribution in [0.25, 0.3) is 11.1 Å². The number of carbonyl (C=O) groups excluding carboxylic acids is 1. The van der Waals surface area contributed by atoms with Crippen molar-refractivity contribution in [1.82, 2.24) is 10.3 Å². The van der Waals surface area contributed by atoms with E-state index < -0.39 is 0 Å². The lowest BCUT2D eigenvalue weighted by Crippen LogP contribution is -2.24. The summed E-state index contributed by atoms with van der Waals surface area (Å²) in [5.74, 6) is 0.630. The molecule has 3 rings (SSSR count). The molecule has 0 aliphatic rings. The molecule has 0 fully saturated rings. The molecule has 0 saturated heterocycles. The maximum atomic E-state index is 12.0. The van der Waals surface area contributed by atoms with Crippen LogP contribution in [0.3, 0.4) is 0 Å². The lowest BCUT2D eigenvalue weighted by molar-refractivity contribution is -0.120. The Hall–Kier alpha value is -2.62. The van der Waals surface area contributed by atoms with Crippen LogP contribution < -0.4 is 5.32 Å². The first kappa shape index (κ1) is 13.4. The third-order valence-electron chi connectivity index (χ3n) is 3.26. The zero-order chi connectivity index (χ0) is 14.7. The summed E-state index contributed by atoms with van der Waals surface area (Å²) in [6.07, 6.45) is 0.336. The molecule has 1 heterocycles. The Labute approximate surface area is 122 Å². The number of hydrogen-bond acceptors (Lipinski definition) is 3. The highest BCUT2D eigenvalue weighted by Gasteiger charge is 2.07. The molecular formula is C17H16N2O2. The van der Waals surface area contributed by atoms with Crippen LogP contribution >= 0.6 is 0 Å². The number of nitrogens with zero attached hydrogens (tertiary/aromatic N) is 1. The Morgan fingerprint density at radius 1 is 1.14 bits per heavy atom.